The van der Waals surface area contributed by atoms with E-state index in [-0.39, 0.29) is 6.04 Å². The number of H-pyrrole nitrogens is 1. The Bertz CT molecular complexity index is 483. The van der Waals surface area contributed by atoms with E-state index in [1.54, 1.807) is 19.4 Å². The number of halogens is 2. The highest BCUT2D eigenvalue weighted by molar-refractivity contribution is 5.21. The lowest BCUT2D eigenvalue weighted by atomic mass is 10.1. The van der Waals surface area contributed by atoms with Crippen LogP contribution in [0.3, 0.4) is 0 Å². The third kappa shape index (κ3) is 2.88. The largest absolute Gasteiger partial charge is 0.347 e. The predicted octanol–water partition coefficient (Wildman–Crippen LogP) is 2.54. The summed E-state index contributed by atoms with van der Waals surface area (Å²) in [5.41, 5.74) is 1.22. The molecule has 17 heavy (non-hydrogen) atoms. The Labute approximate surface area is 97.9 Å². The van der Waals surface area contributed by atoms with Crippen LogP contribution in [-0.2, 0) is 6.54 Å². The van der Waals surface area contributed by atoms with Crippen molar-refractivity contribution in [2.75, 3.05) is 0 Å². The molecule has 5 heteroatoms. The molecule has 0 fully saturated rings. The molecule has 0 aliphatic carbocycles. The number of imidazole rings is 1. The van der Waals surface area contributed by atoms with Crippen LogP contribution in [0.5, 0.6) is 0 Å². The van der Waals surface area contributed by atoms with E-state index in [1.165, 1.54) is 6.07 Å². The predicted molar refractivity (Wildman–Crippen MR) is 60.2 cm³/mol. The lowest BCUT2D eigenvalue weighted by Crippen LogP contribution is -2.19. The molecule has 1 unspecified atom stereocenters. The zero-order chi connectivity index (χ0) is 12.3. The first-order valence-electron chi connectivity index (χ1n) is 5.32. The van der Waals surface area contributed by atoms with E-state index >= 15 is 0 Å². The van der Waals surface area contributed by atoms with E-state index in [9.17, 15) is 8.78 Å². The first kappa shape index (κ1) is 11.7. The number of nitrogens with one attached hydrogen (secondary N) is 2. The van der Waals surface area contributed by atoms with Crippen molar-refractivity contribution in [2.24, 2.45) is 0 Å². The summed E-state index contributed by atoms with van der Waals surface area (Å²) in [5, 5.41) is 3.09. The second-order valence-electron chi connectivity index (χ2n) is 3.85. The number of aromatic nitrogens is 2. The van der Waals surface area contributed by atoms with E-state index in [2.05, 4.69) is 15.3 Å². The van der Waals surface area contributed by atoms with E-state index in [1.807, 2.05) is 0 Å². The minimum atomic E-state index is -0.434. The molecule has 0 aliphatic heterocycles. The summed E-state index contributed by atoms with van der Waals surface area (Å²) in [6.45, 7) is 2.31. The van der Waals surface area contributed by atoms with E-state index < -0.39 is 11.6 Å². The average molecular weight is 237 g/mol. The summed E-state index contributed by atoms with van der Waals surface area (Å²) in [6.07, 6.45) is 3.26. The highest BCUT2D eigenvalue weighted by Crippen LogP contribution is 2.18. The van der Waals surface area contributed by atoms with Crippen molar-refractivity contribution in [2.45, 2.75) is 19.5 Å². The number of nitrogens with zero attached hydrogens (tertiary/aromatic N) is 1. The van der Waals surface area contributed by atoms with Gasteiger partial charge in [-0.2, -0.15) is 0 Å². The van der Waals surface area contributed by atoms with Crippen molar-refractivity contribution in [3.8, 4) is 0 Å². The summed E-state index contributed by atoms with van der Waals surface area (Å²) >= 11 is 0. The molecule has 3 nitrogen and oxygen atoms in total. The minimum Gasteiger partial charge on any atom is -0.347 e. The lowest BCUT2D eigenvalue weighted by Gasteiger charge is -2.14. The van der Waals surface area contributed by atoms with Crippen LogP contribution in [0.2, 0.25) is 0 Å². The Morgan fingerprint density at radius 3 is 2.94 bits per heavy atom. The van der Waals surface area contributed by atoms with Gasteiger partial charge >= 0.3 is 0 Å². The van der Waals surface area contributed by atoms with Crippen LogP contribution in [0.1, 0.15) is 24.2 Å². The summed E-state index contributed by atoms with van der Waals surface area (Å²) in [6, 6.07) is 3.19. The van der Waals surface area contributed by atoms with Gasteiger partial charge in [0.15, 0.2) is 0 Å². The van der Waals surface area contributed by atoms with Gasteiger partial charge in [-0.3, -0.25) is 0 Å². The van der Waals surface area contributed by atoms with E-state index in [0.717, 1.165) is 17.8 Å². The number of hydrogen-bond acceptors (Lipinski definition) is 2. The van der Waals surface area contributed by atoms with Crippen LogP contribution >= 0.6 is 0 Å². The molecule has 0 saturated carbocycles. The van der Waals surface area contributed by atoms with Crippen LogP contribution in [0.25, 0.3) is 0 Å². The van der Waals surface area contributed by atoms with Crippen LogP contribution in [0.4, 0.5) is 8.78 Å². The molecular weight excluding hydrogens is 224 g/mol. The monoisotopic (exact) mass is 237 g/mol. The lowest BCUT2D eigenvalue weighted by molar-refractivity contribution is 0.516. The molecule has 2 rings (SSSR count). The SMILES string of the molecule is CC(NCc1cnc[nH]1)c1cc(F)ccc1F. The summed E-state index contributed by atoms with van der Waals surface area (Å²) in [4.78, 5) is 6.80. The van der Waals surface area contributed by atoms with Gasteiger partial charge in [0, 0.05) is 30.0 Å². The van der Waals surface area contributed by atoms with E-state index in [0.29, 0.717) is 12.1 Å². The van der Waals surface area contributed by atoms with Crippen LogP contribution in [0, 0.1) is 11.6 Å². The second kappa shape index (κ2) is 5.05. The molecule has 1 aromatic carbocycles. The number of benzene rings is 1. The Balaban J connectivity index is 2.04. The van der Waals surface area contributed by atoms with Crippen LogP contribution in [-0.4, -0.2) is 9.97 Å². The molecule has 0 radical (unpaired) electrons. The third-order valence-corrected chi connectivity index (χ3v) is 2.58. The Morgan fingerprint density at radius 1 is 1.41 bits per heavy atom. The summed E-state index contributed by atoms with van der Waals surface area (Å²) < 4.78 is 26.5. The van der Waals surface area contributed by atoms with Gasteiger partial charge in [0.2, 0.25) is 0 Å². The van der Waals surface area contributed by atoms with Gasteiger partial charge in [0.1, 0.15) is 11.6 Å². The molecule has 2 N–H and O–H groups in total. The third-order valence-electron chi connectivity index (χ3n) is 2.58. The van der Waals surface area contributed by atoms with Crippen molar-refractivity contribution in [1.82, 2.24) is 15.3 Å². The average Bonchev–Trinajstić information content (AvgIpc) is 2.82. The van der Waals surface area contributed by atoms with Gasteiger partial charge in [-0.1, -0.05) is 0 Å². The van der Waals surface area contributed by atoms with Crippen LogP contribution in [0.15, 0.2) is 30.7 Å². The fourth-order valence-electron chi connectivity index (χ4n) is 1.60. The maximum Gasteiger partial charge on any atom is 0.128 e. The van der Waals surface area contributed by atoms with Crippen molar-refractivity contribution in [1.29, 1.82) is 0 Å². The quantitative estimate of drug-likeness (QED) is 0.857. The van der Waals surface area contributed by atoms with Crippen molar-refractivity contribution in [3.05, 3.63) is 53.6 Å². The molecule has 2 aromatic rings. The van der Waals surface area contributed by atoms with Gasteiger partial charge in [-0.05, 0) is 25.1 Å². The highest BCUT2D eigenvalue weighted by atomic mass is 19.1. The Morgan fingerprint density at radius 2 is 2.24 bits per heavy atom. The van der Waals surface area contributed by atoms with E-state index in [4.69, 9.17) is 0 Å². The number of aromatic amines is 1. The summed E-state index contributed by atoms with van der Waals surface area (Å²) in [5.74, 6) is -0.840. The minimum absolute atomic E-state index is 0.269. The topological polar surface area (TPSA) is 40.7 Å². The first-order valence-corrected chi connectivity index (χ1v) is 5.32. The second-order valence-corrected chi connectivity index (χ2v) is 3.85. The van der Waals surface area contributed by atoms with Gasteiger partial charge < -0.3 is 10.3 Å². The van der Waals surface area contributed by atoms with Gasteiger partial charge in [-0.15, -0.1) is 0 Å². The zero-order valence-corrected chi connectivity index (χ0v) is 9.37. The number of hydrogen-bond donors (Lipinski definition) is 2. The van der Waals surface area contributed by atoms with Gasteiger partial charge in [0.05, 0.1) is 6.33 Å². The molecule has 90 valence electrons. The van der Waals surface area contributed by atoms with Gasteiger partial charge in [-0.25, -0.2) is 13.8 Å². The number of rotatable bonds is 4. The molecule has 1 aromatic heterocycles. The molecule has 0 amide bonds. The fraction of sp³-hybridized carbons (Fsp3) is 0.250. The molecule has 0 spiro atoms. The first-order chi connectivity index (χ1) is 8.16. The fourth-order valence-corrected chi connectivity index (χ4v) is 1.60. The summed E-state index contributed by atoms with van der Waals surface area (Å²) in [7, 11) is 0. The highest BCUT2D eigenvalue weighted by Gasteiger charge is 2.11. The van der Waals surface area contributed by atoms with Crippen molar-refractivity contribution >= 4 is 0 Å². The molecule has 1 atom stereocenters. The smallest absolute Gasteiger partial charge is 0.128 e. The molecule has 1 heterocycles. The standard InChI is InChI=1S/C12H13F2N3/c1-8(16-6-10-5-15-7-17-10)11-4-9(13)2-3-12(11)14/h2-5,7-8,16H,6H2,1H3,(H,15,17). The van der Waals surface area contributed by atoms with Crippen molar-refractivity contribution in [3.63, 3.8) is 0 Å². The Kier molecular flexibility index (Phi) is 3.49. The maximum atomic E-state index is 13.5. The molecule has 0 bridgehead atoms. The molecule has 0 aliphatic rings. The Hall–Kier alpha value is -1.75. The van der Waals surface area contributed by atoms with Gasteiger partial charge in [0.25, 0.3) is 0 Å². The maximum absolute atomic E-state index is 13.5. The zero-order valence-electron chi connectivity index (χ0n) is 9.37. The normalized spacial score (nSPS) is 12.6. The molecular formula is C12H13F2N3. The van der Waals surface area contributed by atoms with Crippen LogP contribution < -0.4 is 5.32 Å². The van der Waals surface area contributed by atoms with Crippen molar-refractivity contribution < 1.29 is 8.78 Å². The molecule has 0 saturated heterocycles.